The van der Waals surface area contributed by atoms with Gasteiger partial charge in [0.15, 0.2) is 18.4 Å². The van der Waals surface area contributed by atoms with Crippen LogP contribution in [0.5, 0.6) is 0 Å². The van der Waals surface area contributed by atoms with Gasteiger partial charge < -0.3 is 43.2 Å². The summed E-state index contributed by atoms with van der Waals surface area (Å²) in [7, 11) is 7.33. The number of methoxy groups -OCH3 is 2. The van der Waals surface area contributed by atoms with E-state index in [1.54, 1.807) is 14.2 Å². The number of rotatable bonds is 8. The summed E-state index contributed by atoms with van der Waals surface area (Å²) in [5, 5.41) is 11.2. The molecule has 4 fully saturated rings. The van der Waals surface area contributed by atoms with Gasteiger partial charge in [-0.15, -0.1) is 0 Å². The third kappa shape index (κ3) is 8.13. The van der Waals surface area contributed by atoms with Crippen molar-refractivity contribution in [3.8, 4) is 0 Å². The molecule has 1 saturated carbocycles. The number of allylic oxidation sites excluding steroid dienone is 4. The van der Waals surface area contributed by atoms with Gasteiger partial charge in [0.25, 0.3) is 0 Å². The van der Waals surface area contributed by atoms with Gasteiger partial charge in [0.1, 0.15) is 24.4 Å². The number of Topliss-reactive ketones (excluding diaryl/α,β-unsaturated/α-hetero) is 1. The highest BCUT2D eigenvalue weighted by Crippen LogP contribution is 2.56. The molecule has 0 amide bonds. The molecule has 52 heavy (non-hydrogen) atoms. The second kappa shape index (κ2) is 17.0. The molecular weight excluding hydrogens is 666 g/mol. The van der Waals surface area contributed by atoms with Gasteiger partial charge in [0.2, 0.25) is 0 Å². The predicted molar refractivity (Wildman–Crippen MR) is 194 cm³/mol. The lowest BCUT2D eigenvalue weighted by molar-refractivity contribution is -0.310. The van der Waals surface area contributed by atoms with Crippen molar-refractivity contribution < 1.29 is 47.9 Å². The molecular formula is C41H65NO10. The van der Waals surface area contributed by atoms with Gasteiger partial charge in [0.05, 0.1) is 30.8 Å². The molecule has 0 radical (unpaired) electrons. The Morgan fingerprint density at radius 2 is 1.63 bits per heavy atom. The van der Waals surface area contributed by atoms with Crippen molar-refractivity contribution in [3.05, 3.63) is 23.3 Å². The van der Waals surface area contributed by atoms with Crippen molar-refractivity contribution in [1.29, 1.82) is 0 Å². The molecule has 3 aliphatic heterocycles. The normalized spacial score (nSPS) is 45.9. The molecule has 294 valence electrons. The first-order valence-electron chi connectivity index (χ1n) is 20.0. The molecule has 0 aromatic carbocycles. The van der Waals surface area contributed by atoms with Crippen LogP contribution in [-0.4, -0.2) is 118 Å². The molecule has 11 heteroatoms. The van der Waals surface area contributed by atoms with Crippen molar-refractivity contribution in [3.63, 3.8) is 0 Å². The van der Waals surface area contributed by atoms with Gasteiger partial charge in [0, 0.05) is 32.1 Å². The number of ketones is 1. The summed E-state index contributed by atoms with van der Waals surface area (Å²) >= 11 is 0. The summed E-state index contributed by atoms with van der Waals surface area (Å²) < 4.78 is 43.0. The Balaban J connectivity index is 1.22. The number of aliphatic hydroxyl groups is 1. The van der Waals surface area contributed by atoms with Crippen LogP contribution in [0.3, 0.4) is 0 Å². The molecule has 0 aromatic rings. The monoisotopic (exact) mass is 731 g/mol. The quantitative estimate of drug-likeness (QED) is 0.261. The van der Waals surface area contributed by atoms with Crippen LogP contribution in [0, 0.1) is 35.5 Å². The van der Waals surface area contributed by atoms with Gasteiger partial charge in [-0.05, 0) is 115 Å². The number of ether oxygens (including phenoxy) is 7. The van der Waals surface area contributed by atoms with Crippen LogP contribution in [0.25, 0.3) is 0 Å². The number of hydrogen-bond acceptors (Lipinski definition) is 11. The molecule has 0 spiro atoms. The van der Waals surface area contributed by atoms with Crippen molar-refractivity contribution >= 4 is 11.8 Å². The van der Waals surface area contributed by atoms with Gasteiger partial charge >= 0.3 is 5.97 Å². The Morgan fingerprint density at radius 3 is 2.31 bits per heavy atom. The van der Waals surface area contributed by atoms with Crippen molar-refractivity contribution in [2.45, 2.75) is 160 Å². The molecule has 0 bridgehead atoms. The average Bonchev–Trinajstić information content (AvgIpc) is 3.69. The van der Waals surface area contributed by atoms with Crippen LogP contribution >= 0.6 is 0 Å². The average molecular weight is 732 g/mol. The first-order valence-corrected chi connectivity index (χ1v) is 20.0. The highest BCUT2D eigenvalue weighted by molar-refractivity contribution is 5.99. The fourth-order valence-electron chi connectivity index (χ4n) is 10.5. The van der Waals surface area contributed by atoms with Crippen molar-refractivity contribution in [2.75, 3.05) is 28.3 Å². The predicted octanol–water partition coefficient (Wildman–Crippen LogP) is 5.22. The van der Waals surface area contributed by atoms with E-state index in [4.69, 9.17) is 33.2 Å². The summed E-state index contributed by atoms with van der Waals surface area (Å²) in [6.07, 6.45) is 6.97. The first-order chi connectivity index (χ1) is 24.8. The molecule has 17 atom stereocenters. The topological polar surface area (TPSA) is 122 Å². The largest absolute Gasteiger partial charge is 0.462 e. The van der Waals surface area contributed by atoms with E-state index >= 15 is 0 Å². The zero-order valence-corrected chi connectivity index (χ0v) is 32.9. The van der Waals surface area contributed by atoms with Crippen molar-refractivity contribution in [1.82, 2.24) is 4.90 Å². The van der Waals surface area contributed by atoms with Crippen molar-refractivity contribution in [2.24, 2.45) is 35.5 Å². The number of aliphatic hydroxyl groups excluding tert-OH is 1. The molecule has 3 saturated heterocycles. The maximum atomic E-state index is 14.7. The van der Waals surface area contributed by atoms with Crippen LogP contribution in [0.4, 0.5) is 0 Å². The Kier molecular flexibility index (Phi) is 13.1. The standard InChI is InChI=1S/C41H65NO10/c1-10-25-12-11-13-34(52-36-15-14-33(42(6)7)23(4)48-36)22(3)37(44)32-19-30-28(31(32)20-35(43)50-25)16-21(2)27-17-26(18-29(27)30)51-41-38(45)40(47-9)39(46-8)24(5)49-41/h16,19,22-31,33-34,36,38-41,45H,10-15,17-18,20H2,1-9H3/t22-,23-,24+,25+,26+,27-,28-,29+,30-,31+,33+,34+,36-,38-,39+,40+,41+/m1/s1. The number of esters is 1. The molecule has 1 N–H and O–H groups in total. The zero-order chi connectivity index (χ0) is 37.4. The van der Waals surface area contributed by atoms with E-state index in [-0.39, 0.29) is 90.5 Å². The van der Waals surface area contributed by atoms with Gasteiger partial charge in [-0.3, -0.25) is 9.59 Å². The molecule has 6 rings (SSSR count). The molecule has 3 aliphatic carbocycles. The SMILES string of the molecule is CC[C@H]1CCC[C@H](O[C@@H]2CC[C@H](N(C)C)[C@@H](C)O2)[C@@H](C)C(=O)C2=C[C@@H]3[C@@H](C=C(C)[C@H]4C[C@H](O[C@@H]5O[C@@H](C)[C@H](OC)[C@@H](OC)[C@H]5O)C[C@H]34)[C@@H]2CC(=O)O1. The van der Waals surface area contributed by atoms with E-state index in [2.05, 4.69) is 51.9 Å². The Bertz CT molecular complexity index is 1320. The summed E-state index contributed by atoms with van der Waals surface area (Å²) in [6.45, 7) is 10.3. The number of fused-ring (bicyclic) bond motifs is 5. The second-order valence-corrected chi connectivity index (χ2v) is 16.8. The minimum absolute atomic E-state index is 0.0171. The molecule has 3 heterocycles. The fraction of sp³-hybridized carbons (Fsp3) is 0.854. The van der Waals surface area contributed by atoms with E-state index < -0.39 is 24.6 Å². The maximum absolute atomic E-state index is 14.7. The van der Waals surface area contributed by atoms with Crippen LogP contribution in [0.1, 0.15) is 92.4 Å². The number of carbonyl (C=O) groups excluding carboxylic acids is 2. The number of likely N-dealkylation sites (N-methyl/N-ethyl adjacent to an activating group) is 1. The van der Waals surface area contributed by atoms with Gasteiger partial charge in [-0.2, -0.15) is 0 Å². The van der Waals surface area contributed by atoms with Crippen LogP contribution in [0.15, 0.2) is 23.3 Å². The number of carbonyl (C=O) groups is 2. The van der Waals surface area contributed by atoms with Crippen LogP contribution in [-0.2, 0) is 42.7 Å². The Morgan fingerprint density at radius 1 is 0.885 bits per heavy atom. The lowest BCUT2D eigenvalue weighted by Gasteiger charge is -2.42. The Labute approximate surface area is 311 Å². The number of hydrogen-bond donors (Lipinski definition) is 1. The van der Waals surface area contributed by atoms with E-state index in [0.29, 0.717) is 12.5 Å². The summed E-state index contributed by atoms with van der Waals surface area (Å²) in [6, 6.07) is 0.331. The van der Waals surface area contributed by atoms with Gasteiger partial charge in [-0.25, -0.2) is 0 Å². The molecule has 0 aromatic heterocycles. The highest BCUT2D eigenvalue weighted by Gasteiger charge is 2.53. The second-order valence-electron chi connectivity index (χ2n) is 16.8. The summed E-state index contributed by atoms with van der Waals surface area (Å²) in [5.74, 6) is -0.193. The minimum Gasteiger partial charge on any atom is -0.462 e. The third-order valence-electron chi connectivity index (χ3n) is 13.4. The van der Waals surface area contributed by atoms with E-state index in [1.807, 2.05) is 13.8 Å². The lowest BCUT2D eigenvalue weighted by atomic mass is 9.67. The Hall–Kier alpha value is -1.70. The number of cyclic esters (lactones) is 1. The fourth-order valence-corrected chi connectivity index (χ4v) is 10.5. The molecule has 0 unspecified atom stereocenters. The zero-order valence-electron chi connectivity index (χ0n) is 32.9. The molecule has 11 nitrogen and oxygen atoms in total. The van der Waals surface area contributed by atoms with E-state index in [0.717, 1.165) is 50.5 Å². The molecule has 6 aliphatic rings. The van der Waals surface area contributed by atoms with E-state index in [1.165, 1.54) is 5.57 Å². The number of nitrogens with zero attached hydrogens (tertiary/aromatic N) is 1. The smallest absolute Gasteiger partial charge is 0.306 e. The first kappa shape index (κ1) is 40.0. The summed E-state index contributed by atoms with van der Waals surface area (Å²) in [4.78, 5) is 30.4. The lowest BCUT2D eigenvalue weighted by Crippen LogP contribution is -2.59. The maximum Gasteiger partial charge on any atom is 0.306 e. The van der Waals surface area contributed by atoms with Gasteiger partial charge in [-0.1, -0.05) is 31.6 Å². The highest BCUT2D eigenvalue weighted by atomic mass is 16.7. The third-order valence-corrected chi connectivity index (χ3v) is 13.4. The van der Waals surface area contributed by atoms with Crippen LogP contribution < -0.4 is 0 Å². The summed E-state index contributed by atoms with van der Waals surface area (Å²) in [5.41, 5.74) is 2.02. The minimum atomic E-state index is -0.993. The van der Waals surface area contributed by atoms with Crippen LogP contribution in [0.2, 0.25) is 0 Å². The van der Waals surface area contributed by atoms with E-state index in [9.17, 15) is 14.7 Å².